The van der Waals surface area contributed by atoms with E-state index in [1.54, 1.807) is 6.33 Å². The molecule has 0 radical (unpaired) electrons. The van der Waals surface area contributed by atoms with E-state index in [9.17, 15) is 13.9 Å². The molecule has 0 amide bonds. The number of hydrogen-bond donors (Lipinski definition) is 1. The fraction of sp³-hybridized carbons (Fsp3) is 0.385. The maximum Gasteiger partial charge on any atom is 0.191 e. The first kappa shape index (κ1) is 14.9. The second-order valence-corrected chi connectivity index (χ2v) is 5.56. The molecule has 0 bridgehead atoms. The summed E-state index contributed by atoms with van der Waals surface area (Å²) in [5.41, 5.74) is -0.310. The number of aromatic nitrogens is 3. The molecule has 1 aromatic carbocycles. The van der Waals surface area contributed by atoms with E-state index >= 15 is 0 Å². The van der Waals surface area contributed by atoms with E-state index in [1.807, 2.05) is 18.4 Å². The third-order valence-corrected chi connectivity index (χ3v) is 3.83. The van der Waals surface area contributed by atoms with Gasteiger partial charge in [-0.1, -0.05) is 17.8 Å². The van der Waals surface area contributed by atoms with Gasteiger partial charge in [0.15, 0.2) is 5.16 Å². The minimum Gasteiger partial charge on any atom is -0.387 e. The molecule has 108 valence electrons. The van der Waals surface area contributed by atoms with Crippen LogP contribution >= 0.6 is 11.8 Å². The number of rotatable bonds is 5. The summed E-state index contributed by atoms with van der Waals surface area (Å²) in [6.45, 7) is 3.95. The van der Waals surface area contributed by atoms with Crippen LogP contribution in [0.4, 0.5) is 8.78 Å². The molecular formula is C13H15F2N3OS. The smallest absolute Gasteiger partial charge is 0.191 e. The first-order valence-corrected chi connectivity index (χ1v) is 7.13. The van der Waals surface area contributed by atoms with Gasteiger partial charge in [0.1, 0.15) is 18.0 Å². The van der Waals surface area contributed by atoms with E-state index in [2.05, 4.69) is 10.2 Å². The summed E-state index contributed by atoms with van der Waals surface area (Å²) >= 11 is 1.21. The molecule has 0 aliphatic rings. The highest BCUT2D eigenvalue weighted by Gasteiger charge is 2.19. The van der Waals surface area contributed by atoms with Crippen LogP contribution in [0.2, 0.25) is 0 Å². The second-order valence-electron chi connectivity index (χ2n) is 4.58. The van der Waals surface area contributed by atoms with Crippen LogP contribution in [0.5, 0.6) is 0 Å². The zero-order valence-corrected chi connectivity index (χ0v) is 11.9. The Labute approximate surface area is 119 Å². The summed E-state index contributed by atoms with van der Waals surface area (Å²) < 4.78 is 28.9. The van der Waals surface area contributed by atoms with Gasteiger partial charge in [0, 0.05) is 11.8 Å². The van der Waals surface area contributed by atoms with E-state index in [0.717, 1.165) is 12.1 Å². The highest BCUT2D eigenvalue weighted by Crippen LogP contribution is 2.27. The minimum absolute atomic E-state index is 0.100. The van der Waals surface area contributed by atoms with Crippen LogP contribution in [-0.4, -0.2) is 25.6 Å². The molecule has 1 aromatic heterocycles. The van der Waals surface area contributed by atoms with Crippen LogP contribution in [0, 0.1) is 11.6 Å². The molecule has 1 unspecified atom stereocenters. The average Bonchev–Trinajstić information content (AvgIpc) is 2.84. The zero-order chi connectivity index (χ0) is 14.7. The third kappa shape index (κ3) is 3.16. The molecule has 0 aliphatic carbocycles. The van der Waals surface area contributed by atoms with E-state index in [-0.39, 0.29) is 17.4 Å². The Kier molecular flexibility index (Phi) is 4.72. The number of benzene rings is 1. The Hall–Kier alpha value is -1.47. The van der Waals surface area contributed by atoms with Crippen molar-refractivity contribution < 1.29 is 13.9 Å². The van der Waals surface area contributed by atoms with Gasteiger partial charge < -0.3 is 9.67 Å². The molecule has 1 atom stereocenters. The number of aliphatic hydroxyl groups is 1. The van der Waals surface area contributed by atoms with Gasteiger partial charge in [-0.05, 0) is 26.0 Å². The normalized spacial score (nSPS) is 12.9. The minimum atomic E-state index is -1.24. The van der Waals surface area contributed by atoms with Crippen LogP contribution in [0.1, 0.15) is 31.6 Å². The molecular weight excluding hydrogens is 284 g/mol. The lowest BCUT2D eigenvalue weighted by Crippen LogP contribution is -2.08. The molecule has 0 saturated heterocycles. The van der Waals surface area contributed by atoms with Gasteiger partial charge in [0.05, 0.1) is 11.7 Å². The van der Waals surface area contributed by atoms with E-state index in [4.69, 9.17) is 0 Å². The first-order chi connectivity index (χ1) is 9.50. The lowest BCUT2D eigenvalue weighted by molar-refractivity contribution is 0.193. The van der Waals surface area contributed by atoms with Crippen molar-refractivity contribution in [2.75, 3.05) is 5.75 Å². The molecule has 0 fully saturated rings. The van der Waals surface area contributed by atoms with E-state index in [0.29, 0.717) is 5.16 Å². The molecule has 0 aliphatic heterocycles. The Morgan fingerprint density at radius 2 is 1.95 bits per heavy atom. The third-order valence-electron chi connectivity index (χ3n) is 2.80. The fourth-order valence-electron chi connectivity index (χ4n) is 1.76. The molecule has 7 heteroatoms. The van der Waals surface area contributed by atoms with Crippen molar-refractivity contribution in [1.82, 2.24) is 14.8 Å². The summed E-state index contributed by atoms with van der Waals surface area (Å²) in [5, 5.41) is 18.3. The summed E-state index contributed by atoms with van der Waals surface area (Å²) in [6, 6.07) is 3.70. The number of aliphatic hydroxyl groups excluding tert-OH is 1. The maximum absolute atomic E-state index is 13.5. The Bertz CT molecular complexity index is 568. The van der Waals surface area contributed by atoms with Crippen LogP contribution < -0.4 is 0 Å². The predicted octanol–water partition coefficient (Wildman–Crippen LogP) is 2.96. The summed E-state index contributed by atoms with van der Waals surface area (Å²) in [7, 11) is 0. The van der Waals surface area contributed by atoms with E-state index < -0.39 is 17.7 Å². The first-order valence-electron chi connectivity index (χ1n) is 6.15. The van der Waals surface area contributed by atoms with Crippen LogP contribution in [-0.2, 0) is 0 Å². The van der Waals surface area contributed by atoms with Crippen LogP contribution in [0.3, 0.4) is 0 Å². The van der Waals surface area contributed by atoms with Crippen molar-refractivity contribution in [2.24, 2.45) is 0 Å². The number of nitrogens with zero attached hydrogens (tertiary/aromatic N) is 3. The second kappa shape index (κ2) is 6.32. The lowest BCUT2D eigenvalue weighted by atomic mass is 10.1. The van der Waals surface area contributed by atoms with Crippen LogP contribution in [0.15, 0.2) is 29.7 Å². The van der Waals surface area contributed by atoms with Crippen molar-refractivity contribution in [1.29, 1.82) is 0 Å². The standard InChI is InChI=1S/C13H15F2N3OS/c1-8(2)18-7-16-17-13(18)20-6-11(19)12-9(14)4-3-5-10(12)15/h3-5,7-8,11,19H,6H2,1-2H3. The van der Waals surface area contributed by atoms with Gasteiger partial charge in [-0.15, -0.1) is 10.2 Å². The van der Waals surface area contributed by atoms with Crippen molar-refractivity contribution in [3.8, 4) is 0 Å². The quantitative estimate of drug-likeness (QED) is 0.862. The maximum atomic E-state index is 13.5. The highest BCUT2D eigenvalue weighted by atomic mass is 32.2. The van der Waals surface area contributed by atoms with Gasteiger partial charge in [-0.3, -0.25) is 0 Å². The van der Waals surface area contributed by atoms with Gasteiger partial charge in [0.2, 0.25) is 0 Å². The van der Waals surface area contributed by atoms with Gasteiger partial charge in [0.25, 0.3) is 0 Å². The van der Waals surface area contributed by atoms with Crippen LogP contribution in [0.25, 0.3) is 0 Å². The Balaban J connectivity index is 2.09. The molecule has 2 aromatic rings. The zero-order valence-electron chi connectivity index (χ0n) is 11.1. The van der Waals surface area contributed by atoms with Gasteiger partial charge >= 0.3 is 0 Å². The monoisotopic (exact) mass is 299 g/mol. The van der Waals surface area contributed by atoms with E-state index in [1.165, 1.54) is 17.8 Å². The molecule has 1 N–H and O–H groups in total. The largest absolute Gasteiger partial charge is 0.387 e. The van der Waals surface area contributed by atoms with Gasteiger partial charge in [-0.2, -0.15) is 0 Å². The summed E-state index contributed by atoms with van der Waals surface area (Å²) in [5.74, 6) is -1.39. The van der Waals surface area contributed by atoms with Crippen molar-refractivity contribution >= 4 is 11.8 Å². The van der Waals surface area contributed by atoms with Crippen molar-refractivity contribution in [2.45, 2.75) is 31.1 Å². The topological polar surface area (TPSA) is 50.9 Å². The Morgan fingerprint density at radius 1 is 1.30 bits per heavy atom. The van der Waals surface area contributed by atoms with Crippen molar-refractivity contribution in [3.63, 3.8) is 0 Å². The van der Waals surface area contributed by atoms with Crippen molar-refractivity contribution in [3.05, 3.63) is 41.7 Å². The number of thioether (sulfide) groups is 1. The van der Waals surface area contributed by atoms with Gasteiger partial charge in [-0.25, -0.2) is 8.78 Å². The summed E-state index contributed by atoms with van der Waals surface area (Å²) in [6.07, 6.45) is 0.349. The molecule has 2 rings (SSSR count). The Morgan fingerprint density at radius 3 is 2.55 bits per heavy atom. The summed E-state index contributed by atoms with van der Waals surface area (Å²) in [4.78, 5) is 0. The average molecular weight is 299 g/mol. The lowest BCUT2D eigenvalue weighted by Gasteiger charge is -2.13. The molecule has 4 nitrogen and oxygen atoms in total. The highest BCUT2D eigenvalue weighted by molar-refractivity contribution is 7.99. The molecule has 20 heavy (non-hydrogen) atoms. The number of hydrogen-bond acceptors (Lipinski definition) is 4. The predicted molar refractivity (Wildman–Crippen MR) is 72.4 cm³/mol. The molecule has 0 saturated carbocycles. The number of halogens is 2. The SMILES string of the molecule is CC(C)n1cnnc1SCC(O)c1c(F)cccc1F. The molecule has 1 heterocycles. The molecule has 0 spiro atoms. The fourth-order valence-corrected chi connectivity index (χ4v) is 2.74.